The highest BCUT2D eigenvalue weighted by atomic mass is 79.9. The van der Waals surface area contributed by atoms with Gasteiger partial charge < -0.3 is 5.32 Å². The quantitative estimate of drug-likeness (QED) is 0.912. The molecule has 0 aliphatic rings. The molecule has 0 unspecified atom stereocenters. The molecular formula is C11H10BrClN2O. The van der Waals surface area contributed by atoms with Crippen LogP contribution < -0.4 is 5.32 Å². The molecule has 1 N–H and O–H groups in total. The van der Waals surface area contributed by atoms with Crippen molar-refractivity contribution in [1.29, 1.82) is 5.26 Å². The highest BCUT2D eigenvalue weighted by Crippen LogP contribution is 2.26. The monoisotopic (exact) mass is 300 g/mol. The third-order valence-corrected chi connectivity index (χ3v) is 3.20. The number of nitrogens with zero attached hydrogens (tertiary/aromatic N) is 1. The van der Waals surface area contributed by atoms with Gasteiger partial charge in [0.25, 0.3) is 5.91 Å². The Labute approximate surface area is 108 Å². The number of hydrogen-bond acceptors (Lipinski definition) is 2. The van der Waals surface area contributed by atoms with Gasteiger partial charge in [-0.2, -0.15) is 5.26 Å². The predicted molar refractivity (Wildman–Crippen MR) is 66.3 cm³/mol. The van der Waals surface area contributed by atoms with Crippen molar-refractivity contribution in [1.82, 2.24) is 5.32 Å². The molecule has 0 aromatic heterocycles. The van der Waals surface area contributed by atoms with E-state index in [4.69, 9.17) is 16.9 Å². The molecule has 1 amide bonds. The Kier molecular flexibility index (Phi) is 3.95. The molecule has 0 spiro atoms. The Morgan fingerprint density at radius 3 is 2.75 bits per heavy atom. The van der Waals surface area contributed by atoms with Crippen LogP contribution in [-0.2, 0) is 0 Å². The van der Waals surface area contributed by atoms with Crippen LogP contribution in [-0.4, -0.2) is 11.4 Å². The first kappa shape index (κ1) is 13.0. The Balaban J connectivity index is 2.99. The average molecular weight is 302 g/mol. The van der Waals surface area contributed by atoms with Crippen molar-refractivity contribution in [3.8, 4) is 6.07 Å². The fraction of sp³-hybridized carbons (Fsp3) is 0.273. The highest BCUT2D eigenvalue weighted by Gasteiger charge is 2.22. The molecule has 1 aromatic rings. The van der Waals surface area contributed by atoms with Gasteiger partial charge in [-0.3, -0.25) is 4.79 Å². The molecule has 0 aliphatic carbocycles. The van der Waals surface area contributed by atoms with E-state index in [0.717, 1.165) is 0 Å². The molecule has 5 heteroatoms. The van der Waals surface area contributed by atoms with Crippen LogP contribution in [0.3, 0.4) is 0 Å². The summed E-state index contributed by atoms with van der Waals surface area (Å²) in [7, 11) is 0. The summed E-state index contributed by atoms with van der Waals surface area (Å²) in [6.45, 7) is 3.24. The second-order valence-electron chi connectivity index (χ2n) is 3.79. The van der Waals surface area contributed by atoms with Crippen LogP contribution in [0, 0.1) is 11.3 Å². The van der Waals surface area contributed by atoms with Crippen LogP contribution in [0.1, 0.15) is 24.2 Å². The van der Waals surface area contributed by atoms with Gasteiger partial charge in [0.1, 0.15) is 5.54 Å². The number of nitriles is 1. The van der Waals surface area contributed by atoms with Gasteiger partial charge in [-0.1, -0.05) is 17.7 Å². The van der Waals surface area contributed by atoms with Crippen molar-refractivity contribution in [3.63, 3.8) is 0 Å². The van der Waals surface area contributed by atoms with E-state index in [1.54, 1.807) is 32.0 Å². The molecular weight excluding hydrogens is 291 g/mol. The van der Waals surface area contributed by atoms with Crippen LogP contribution >= 0.6 is 27.5 Å². The van der Waals surface area contributed by atoms with Crippen molar-refractivity contribution < 1.29 is 4.79 Å². The zero-order chi connectivity index (χ0) is 12.3. The summed E-state index contributed by atoms with van der Waals surface area (Å²) in [5, 5.41) is 11.7. The molecule has 1 rings (SSSR count). The maximum atomic E-state index is 11.8. The molecule has 0 bridgehead atoms. The molecule has 0 radical (unpaired) electrons. The molecule has 1 aromatic carbocycles. The number of nitrogens with one attached hydrogen (secondary N) is 1. The van der Waals surface area contributed by atoms with Gasteiger partial charge in [-0.05, 0) is 41.9 Å². The first-order chi connectivity index (χ1) is 7.37. The summed E-state index contributed by atoms with van der Waals surface area (Å²) in [6, 6.07) is 7.05. The van der Waals surface area contributed by atoms with Gasteiger partial charge in [0.05, 0.1) is 16.7 Å². The largest absolute Gasteiger partial charge is 0.334 e. The minimum Gasteiger partial charge on any atom is -0.334 e. The summed E-state index contributed by atoms with van der Waals surface area (Å²) in [5.74, 6) is -0.363. The van der Waals surface area contributed by atoms with Crippen molar-refractivity contribution in [3.05, 3.63) is 33.3 Å². The van der Waals surface area contributed by atoms with E-state index in [1.807, 2.05) is 6.07 Å². The molecule has 3 nitrogen and oxygen atoms in total. The minimum atomic E-state index is -0.914. The predicted octanol–water partition coefficient (Wildman–Crippen LogP) is 3.13. The topological polar surface area (TPSA) is 52.9 Å². The lowest BCUT2D eigenvalue weighted by Gasteiger charge is -2.18. The van der Waals surface area contributed by atoms with E-state index >= 15 is 0 Å². The normalized spacial score (nSPS) is 10.7. The number of benzene rings is 1. The van der Waals surface area contributed by atoms with E-state index in [9.17, 15) is 4.79 Å². The maximum absolute atomic E-state index is 11.8. The molecule has 0 saturated carbocycles. The van der Waals surface area contributed by atoms with Crippen molar-refractivity contribution >= 4 is 33.4 Å². The van der Waals surface area contributed by atoms with Gasteiger partial charge in [-0.25, -0.2) is 0 Å². The fourth-order valence-electron chi connectivity index (χ4n) is 1.06. The zero-order valence-corrected chi connectivity index (χ0v) is 11.2. The van der Waals surface area contributed by atoms with Gasteiger partial charge >= 0.3 is 0 Å². The molecule has 0 atom stereocenters. The van der Waals surface area contributed by atoms with Crippen LogP contribution in [0.5, 0.6) is 0 Å². The van der Waals surface area contributed by atoms with Crippen LogP contribution in [0.25, 0.3) is 0 Å². The Morgan fingerprint density at radius 1 is 1.56 bits per heavy atom. The number of hydrogen-bond donors (Lipinski definition) is 1. The first-order valence-corrected chi connectivity index (χ1v) is 5.72. The Bertz CT molecular complexity index is 466. The van der Waals surface area contributed by atoms with Crippen molar-refractivity contribution in [2.75, 3.05) is 0 Å². The molecule has 0 aliphatic heterocycles. The fourth-order valence-corrected chi connectivity index (χ4v) is 1.64. The second kappa shape index (κ2) is 4.86. The van der Waals surface area contributed by atoms with E-state index in [1.165, 1.54) is 0 Å². The van der Waals surface area contributed by atoms with Gasteiger partial charge in [-0.15, -0.1) is 0 Å². The standard InChI is InChI=1S/C11H10BrClN2O/c1-11(2,6-14)15-10(16)7-4-3-5-8(12)9(7)13/h3-5H,1-2H3,(H,15,16). The third-order valence-electron chi connectivity index (χ3n) is 1.90. The SMILES string of the molecule is CC(C)(C#N)NC(=O)c1cccc(Br)c1Cl. The van der Waals surface area contributed by atoms with Gasteiger partial charge in [0.2, 0.25) is 0 Å². The average Bonchev–Trinajstić information content (AvgIpc) is 2.21. The number of rotatable bonds is 2. The van der Waals surface area contributed by atoms with E-state index in [-0.39, 0.29) is 5.91 Å². The van der Waals surface area contributed by atoms with E-state index in [2.05, 4.69) is 21.2 Å². The van der Waals surface area contributed by atoms with Gasteiger partial charge in [0.15, 0.2) is 0 Å². The molecule has 16 heavy (non-hydrogen) atoms. The van der Waals surface area contributed by atoms with Crippen LogP contribution in [0.2, 0.25) is 5.02 Å². The molecule has 84 valence electrons. The summed E-state index contributed by atoms with van der Waals surface area (Å²) in [5.41, 5.74) is -0.567. The van der Waals surface area contributed by atoms with Gasteiger partial charge in [0, 0.05) is 4.47 Å². The number of amides is 1. The Morgan fingerprint density at radius 2 is 2.19 bits per heavy atom. The van der Waals surface area contributed by atoms with E-state index < -0.39 is 5.54 Å². The summed E-state index contributed by atoms with van der Waals surface area (Å²) < 4.78 is 0.650. The van der Waals surface area contributed by atoms with Crippen molar-refractivity contribution in [2.24, 2.45) is 0 Å². The first-order valence-electron chi connectivity index (χ1n) is 4.55. The highest BCUT2D eigenvalue weighted by molar-refractivity contribution is 9.10. The number of carbonyl (C=O) groups excluding carboxylic acids is 1. The third kappa shape index (κ3) is 2.97. The van der Waals surface area contributed by atoms with Crippen molar-refractivity contribution in [2.45, 2.75) is 19.4 Å². The maximum Gasteiger partial charge on any atom is 0.254 e. The lowest BCUT2D eigenvalue weighted by molar-refractivity contribution is 0.0929. The summed E-state index contributed by atoms with van der Waals surface area (Å²) in [4.78, 5) is 11.8. The minimum absolute atomic E-state index is 0.341. The molecule has 0 heterocycles. The van der Waals surface area contributed by atoms with E-state index in [0.29, 0.717) is 15.1 Å². The summed E-state index contributed by atoms with van der Waals surface area (Å²) >= 11 is 9.20. The van der Waals surface area contributed by atoms with Crippen LogP contribution in [0.15, 0.2) is 22.7 Å². The van der Waals surface area contributed by atoms with Crippen LogP contribution in [0.4, 0.5) is 0 Å². The smallest absolute Gasteiger partial charge is 0.254 e. The lowest BCUT2D eigenvalue weighted by atomic mass is 10.1. The summed E-state index contributed by atoms with van der Waals surface area (Å²) in [6.07, 6.45) is 0. The Hall–Kier alpha value is -1.05. The molecule has 0 saturated heterocycles. The lowest BCUT2D eigenvalue weighted by Crippen LogP contribution is -2.42. The number of halogens is 2. The number of carbonyl (C=O) groups is 1. The molecule has 0 fully saturated rings. The second-order valence-corrected chi connectivity index (χ2v) is 5.02. The zero-order valence-electron chi connectivity index (χ0n) is 8.84.